The summed E-state index contributed by atoms with van der Waals surface area (Å²) in [5.74, 6) is -0.281. The van der Waals surface area contributed by atoms with Crippen molar-refractivity contribution in [1.29, 1.82) is 0 Å². The molecule has 0 atom stereocenters. The number of carbonyl (C=O) groups excluding carboxylic acids is 1. The number of aryl methyl sites for hydroxylation is 1. The van der Waals surface area contributed by atoms with Crippen molar-refractivity contribution in [3.63, 3.8) is 0 Å². The molecule has 2 aromatic rings. The number of para-hydroxylation sites is 1. The van der Waals surface area contributed by atoms with Crippen molar-refractivity contribution >= 4 is 33.2 Å². The van der Waals surface area contributed by atoms with Gasteiger partial charge in [-0.15, -0.1) is 0 Å². The summed E-state index contributed by atoms with van der Waals surface area (Å²) in [5, 5.41) is 0.245. The molecule has 0 unspecified atom stereocenters. The highest BCUT2D eigenvalue weighted by molar-refractivity contribution is 7.89. The number of rotatable bonds is 4. The third-order valence-electron chi connectivity index (χ3n) is 4.93. The van der Waals surface area contributed by atoms with E-state index in [1.807, 2.05) is 24.3 Å². The molecule has 1 amide bonds. The van der Waals surface area contributed by atoms with E-state index in [0.29, 0.717) is 6.54 Å². The first-order valence-corrected chi connectivity index (χ1v) is 10.7. The van der Waals surface area contributed by atoms with Crippen LogP contribution in [0.4, 0.5) is 5.69 Å². The summed E-state index contributed by atoms with van der Waals surface area (Å²) in [4.78, 5) is 14.9. The van der Waals surface area contributed by atoms with Gasteiger partial charge in [-0.1, -0.05) is 29.8 Å². The van der Waals surface area contributed by atoms with Crippen molar-refractivity contribution in [2.45, 2.75) is 37.6 Å². The number of anilines is 1. The van der Waals surface area contributed by atoms with Crippen LogP contribution in [0.5, 0.6) is 0 Å². The minimum absolute atomic E-state index is 0.0664. The van der Waals surface area contributed by atoms with Gasteiger partial charge in [-0.05, 0) is 56.5 Å². The Bertz CT molecular complexity index is 973. The third-order valence-corrected chi connectivity index (χ3v) is 7.29. The van der Waals surface area contributed by atoms with Gasteiger partial charge in [-0.25, -0.2) is 8.42 Å². The van der Waals surface area contributed by atoms with Crippen LogP contribution < -0.4 is 4.90 Å². The molecule has 0 N–H and O–H groups in total. The highest BCUT2D eigenvalue weighted by atomic mass is 35.5. The van der Waals surface area contributed by atoms with Crippen LogP contribution in [-0.4, -0.2) is 38.3 Å². The summed E-state index contributed by atoms with van der Waals surface area (Å²) in [6.45, 7) is 4.17. The maximum absolute atomic E-state index is 13.2. The first-order valence-electron chi connectivity index (χ1n) is 8.91. The number of hydrogen-bond donors (Lipinski definition) is 0. The molecule has 0 spiro atoms. The molecule has 0 saturated carbocycles. The van der Waals surface area contributed by atoms with Crippen molar-refractivity contribution < 1.29 is 13.2 Å². The Morgan fingerprint density at radius 1 is 1.19 bits per heavy atom. The normalized spacial score (nSPS) is 14.5. The van der Waals surface area contributed by atoms with Crippen molar-refractivity contribution in [2.75, 3.05) is 18.5 Å². The summed E-state index contributed by atoms with van der Waals surface area (Å²) in [6.07, 6.45) is 1.77. The number of amides is 1. The molecule has 0 bridgehead atoms. The fraction of sp³-hybridized carbons (Fsp3) is 0.350. The van der Waals surface area contributed by atoms with Gasteiger partial charge >= 0.3 is 0 Å². The fourth-order valence-electron chi connectivity index (χ4n) is 3.16. The second kappa shape index (κ2) is 7.62. The molecule has 27 heavy (non-hydrogen) atoms. The second-order valence-corrected chi connectivity index (χ2v) is 9.35. The first-order chi connectivity index (χ1) is 12.7. The van der Waals surface area contributed by atoms with Gasteiger partial charge in [0.05, 0.1) is 15.5 Å². The highest BCUT2D eigenvalue weighted by Crippen LogP contribution is 2.31. The van der Waals surface area contributed by atoms with Gasteiger partial charge in [0, 0.05) is 25.3 Å². The van der Waals surface area contributed by atoms with E-state index < -0.39 is 10.0 Å². The number of fused-ring (bicyclic) bond motifs is 1. The van der Waals surface area contributed by atoms with Gasteiger partial charge in [0.15, 0.2) is 0 Å². The fourth-order valence-corrected chi connectivity index (χ4v) is 4.76. The molecule has 1 heterocycles. The van der Waals surface area contributed by atoms with E-state index in [1.165, 1.54) is 29.6 Å². The SMILES string of the molecule is CC(C)N(C)S(=O)(=O)c1ccc(Cl)c(C(=O)N2CCCc3ccccc32)c1. The van der Waals surface area contributed by atoms with Crippen LogP contribution in [0.1, 0.15) is 36.2 Å². The topological polar surface area (TPSA) is 57.7 Å². The number of carbonyl (C=O) groups is 1. The summed E-state index contributed by atoms with van der Waals surface area (Å²) in [7, 11) is -2.17. The molecule has 7 heteroatoms. The monoisotopic (exact) mass is 406 g/mol. The molecule has 1 aliphatic heterocycles. The molecular formula is C20H23ClN2O3S. The van der Waals surface area contributed by atoms with E-state index in [9.17, 15) is 13.2 Å². The minimum Gasteiger partial charge on any atom is -0.308 e. The molecule has 5 nitrogen and oxygen atoms in total. The third kappa shape index (κ3) is 3.74. The van der Waals surface area contributed by atoms with Crippen molar-refractivity contribution in [2.24, 2.45) is 0 Å². The average Bonchev–Trinajstić information content (AvgIpc) is 2.66. The molecule has 0 radical (unpaired) electrons. The maximum Gasteiger partial charge on any atom is 0.259 e. The summed E-state index contributed by atoms with van der Waals surface area (Å²) >= 11 is 6.27. The minimum atomic E-state index is -3.70. The van der Waals surface area contributed by atoms with Crippen molar-refractivity contribution in [1.82, 2.24) is 4.31 Å². The average molecular weight is 407 g/mol. The lowest BCUT2D eigenvalue weighted by Gasteiger charge is -2.30. The van der Waals surface area contributed by atoms with Gasteiger partial charge in [0.2, 0.25) is 10.0 Å². The lowest BCUT2D eigenvalue weighted by atomic mass is 10.0. The maximum atomic E-state index is 13.2. The number of halogens is 1. The predicted octanol–water partition coefficient (Wildman–Crippen LogP) is 3.96. The molecule has 0 aliphatic carbocycles. The lowest BCUT2D eigenvalue weighted by Crippen LogP contribution is -2.36. The zero-order valence-corrected chi connectivity index (χ0v) is 17.2. The molecule has 144 valence electrons. The molecule has 0 saturated heterocycles. The van der Waals surface area contributed by atoms with E-state index in [4.69, 9.17) is 11.6 Å². The zero-order valence-electron chi connectivity index (χ0n) is 15.6. The Morgan fingerprint density at radius 2 is 1.89 bits per heavy atom. The van der Waals surface area contributed by atoms with Gasteiger partial charge in [0.1, 0.15) is 0 Å². The van der Waals surface area contributed by atoms with E-state index in [-0.39, 0.29) is 27.4 Å². The van der Waals surface area contributed by atoms with Crippen LogP contribution in [0.25, 0.3) is 0 Å². The Kier molecular flexibility index (Phi) is 5.60. The largest absolute Gasteiger partial charge is 0.308 e. The van der Waals surface area contributed by atoms with Crippen LogP contribution in [0, 0.1) is 0 Å². The quantitative estimate of drug-likeness (QED) is 0.772. The number of hydrogen-bond acceptors (Lipinski definition) is 3. The van der Waals surface area contributed by atoms with Crippen LogP contribution in [0.3, 0.4) is 0 Å². The Labute approximate surface area is 165 Å². The number of nitrogens with zero attached hydrogens (tertiary/aromatic N) is 2. The molecule has 0 aromatic heterocycles. The molecular weight excluding hydrogens is 384 g/mol. The van der Waals surface area contributed by atoms with Crippen LogP contribution in [0.15, 0.2) is 47.4 Å². The molecule has 1 aliphatic rings. The first kappa shape index (κ1) is 19.9. The highest BCUT2D eigenvalue weighted by Gasteiger charge is 2.28. The van der Waals surface area contributed by atoms with Gasteiger partial charge < -0.3 is 4.90 Å². The summed E-state index contributed by atoms with van der Waals surface area (Å²) < 4.78 is 26.9. The van der Waals surface area contributed by atoms with Gasteiger partial charge in [-0.2, -0.15) is 4.31 Å². The number of benzene rings is 2. The summed E-state index contributed by atoms with van der Waals surface area (Å²) in [6, 6.07) is 11.9. The smallest absolute Gasteiger partial charge is 0.259 e. The summed E-state index contributed by atoms with van der Waals surface area (Å²) in [5.41, 5.74) is 2.17. The van der Waals surface area contributed by atoms with Crippen LogP contribution in [0.2, 0.25) is 5.02 Å². The van der Waals surface area contributed by atoms with E-state index >= 15 is 0 Å². The predicted molar refractivity (Wildman–Crippen MR) is 108 cm³/mol. The standard InChI is InChI=1S/C20H23ClN2O3S/c1-14(2)22(3)27(25,26)16-10-11-18(21)17(13-16)20(24)23-12-6-8-15-7-4-5-9-19(15)23/h4-5,7,9-11,13-14H,6,8,12H2,1-3H3. The lowest BCUT2D eigenvalue weighted by molar-refractivity contribution is 0.0985. The van der Waals surface area contributed by atoms with Crippen LogP contribution in [-0.2, 0) is 16.4 Å². The second-order valence-electron chi connectivity index (χ2n) is 6.95. The van der Waals surface area contributed by atoms with E-state index in [1.54, 1.807) is 18.7 Å². The molecule has 2 aromatic carbocycles. The molecule has 3 rings (SSSR count). The Hall–Kier alpha value is -1.89. The van der Waals surface area contributed by atoms with Crippen LogP contribution >= 0.6 is 11.6 Å². The molecule has 0 fully saturated rings. The van der Waals surface area contributed by atoms with Crippen molar-refractivity contribution in [3.05, 3.63) is 58.6 Å². The van der Waals surface area contributed by atoms with Crippen molar-refractivity contribution in [3.8, 4) is 0 Å². The van der Waals surface area contributed by atoms with Gasteiger partial charge in [0.25, 0.3) is 5.91 Å². The zero-order chi connectivity index (χ0) is 19.8. The Balaban J connectivity index is 2.02. The van der Waals surface area contributed by atoms with E-state index in [2.05, 4.69) is 0 Å². The van der Waals surface area contributed by atoms with Gasteiger partial charge in [-0.3, -0.25) is 4.79 Å². The Morgan fingerprint density at radius 3 is 2.59 bits per heavy atom. The van der Waals surface area contributed by atoms with E-state index in [0.717, 1.165) is 24.1 Å². The number of sulfonamides is 1.